The van der Waals surface area contributed by atoms with Gasteiger partial charge in [0.05, 0.1) is 2.74 Å². The number of carbonyl (C=O) groups is 1. The number of carboxylic acid groups (broad SMARTS) is 1. The van der Waals surface area contributed by atoms with E-state index in [0.717, 1.165) is 6.92 Å². The molecule has 1 saturated heterocycles. The lowest BCUT2D eigenvalue weighted by Crippen LogP contribution is -2.49. The molecular weight excluding hydrogens is 461 g/mol. The molecule has 14 heteroatoms. The van der Waals surface area contributed by atoms with Crippen LogP contribution >= 0.6 is 8.18 Å². The first-order valence-corrected chi connectivity index (χ1v) is 10.8. The number of aliphatic carboxylic acids is 1. The molecule has 1 aliphatic heterocycles. The number of nitrogens with zero attached hydrogens (tertiary/aromatic N) is 1. The Morgan fingerprint density at radius 1 is 1.45 bits per heavy atom. The van der Waals surface area contributed by atoms with Crippen LogP contribution < -0.4 is 25.6 Å². The Morgan fingerprint density at radius 2 is 2.15 bits per heavy atom. The highest BCUT2D eigenvalue weighted by Gasteiger charge is 2.54. The van der Waals surface area contributed by atoms with Crippen molar-refractivity contribution in [3.63, 3.8) is 0 Å². The number of rotatable bonds is 9. The van der Waals surface area contributed by atoms with Crippen LogP contribution in [-0.2, 0) is 14.1 Å². The van der Waals surface area contributed by atoms with Crippen LogP contribution in [0.5, 0.6) is 11.5 Å². The van der Waals surface area contributed by atoms with Crippen LogP contribution in [0.3, 0.4) is 0 Å². The minimum atomic E-state index is -2.55. The summed E-state index contributed by atoms with van der Waals surface area (Å²) in [7, 11) is -2.55. The van der Waals surface area contributed by atoms with Crippen LogP contribution in [0.2, 0.25) is 0 Å². The normalized spacial score (nSPS) is 26.8. The van der Waals surface area contributed by atoms with E-state index in [1.54, 1.807) is 0 Å². The first-order chi connectivity index (χ1) is 16.3. The molecule has 5 N–H and O–H groups in total. The van der Waals surface area contributed by atoms with Gasteiger partial charge in [0.2, 0.25) is 0 Å². The molecule has 0 aliphatic carbocycles. The summed E-state index contributed by atoms with van der Waals surface area (Å²) in [6.07, 6.45) is -5.21. The lowest BCUT2D eigenvalue weighted by Gasteiger charge is -2.26. The van der Waals surface area contributed by atoms with Gasteiger partial charge in [-0.1, -0.05) is 11.2 Å². The molecule has 1 aromatic carbocycles. The van der Waals surface area contributed by atoms with Gasteiger partial charge in [-0.25, -0.2) is 13.9 Å². The average molecular weight is 486 g/mol. The zero-order chi connectivity index (χ0) is 26.1. The van der Waals surface area contributed by atoms with E-state index in [2.05, 4.69) is 5.09 Å². The summed E-state index contributed by atoms with van der Waals surface area (Å²) in [4.78, 5) is 37.4. The number of aliphatic hydroxyl groups excluding tert-OH is 1. The molecule has 0 amide bonds. The van der Waals surface area contributed by atoms with E-state index in [1.807, 2.05) is 4.98 Å². The van der Waals surface area contributed by atoms with Gasteiger partial charge in [0.15, 0.2) is 12.0 Å². The number of aromatic amines is 1. The Labute approximate surface area is 190 Å². The van der Waals surface area contributed by atoms with Gasteiger partial charge in [-0.05, 0) is 26.0 Å². The first kappa shape index (κ1) is 21.7. The molecule has 6 atom stereocenters. The smallest absolute Gasteiger partial charge is 0.491 e. The van der Waals surface area contributed by atoms with Crippen LogP contribution in [0.15, 0.2) is 46.1 Å². The van der Waals surface area contributed by atoms with Crippen molar-refractivity contribution in [2.45, 2.75) is 43.9 Å². The minimum absolute atomic E-state index is 0.0861. The number of nitrogens with one attached hydrogen (secondary N) is 2. The molecule has 1 aliphatic rings. The topological polar surface area (TPSA) is 189 Å². The molecule has 0 bridgehead atoms. The number of benzene rings is 1. The third kappa shape index (κ3) is 5.46. The van der Waals surface area contributed by atoms with Crippen LogP contribution in [0.4, 0.5) is 0 Å². The van der Waals surface area contributed by atoms with Crippen molar-refractivity contribution < 1.29 is 41.4 Å². The van der Waals surface area contributed by atoms with Crippen molar-refractivity contribution in [2.24, 2.45) is 0 Å². The Balaban J connectivity index is 1.72. The van der Waals surface area contributed by atoms with Crippen molar-refractivity contribution in [1.82, 2.24) is 14.6 Å². The molecule has 2 aromatic rings. The maximum atomic E-state index is 12.4. The molecule has 0 spiro atoms. The monoisotopic (exact) mass is 486 g/mol. The largest absolute Gasteiger partial charge is 0.664 e. The van der Waals surface area contributed by atoms with Crippen LogP contribution in [0.1, 0.15) is 22.8 Å². The predicted octanol–water partition coefficient (Wildman–Crippen LogP) is -0.276. The standard InChI is InChI=1S/C19H22N3O10P/c1-10(16(25)26)21-33(29)32-12-5-3-4-11(8-12)30-9-13-15(24)19(2,28)17(31-13)22-14(23)6-7-20-18(22)27/h3-8,10,13,15,17,24,28H,9H2,1-2H3,(H2-,20,21,23,25,26,27,29)/p+1/t10?,13-,15-,17-,19-/m1/s1/i6D,7D. The molecule has 13 nitrogen and oxygen atoms in total. The zero-order valence-corrected chi connectivity index (χ0v) is 18.3. The maximum Gasteiger partial charge on any atom is 0.664 e. The SMILES string of the molecule is [2H]c1[nH]c(=O)n([C@@H]2O[C@H](COc3cccc(O[P+](=O)NC(C)C(=O)O)c3)[C@@H](O)[C@@]2(C)O)c(=O)c1[2H]. The van der Waals surface area contributed by atoms with Gasteiger partial charge in [0.25, 0.3) is 5.56 Å². The summed E-state index contributed by atoms with van der Waals surface area (Å²) in [5.41, 5.74) is -4.40. The van der Waals surface area contributed by atoms with E-state index in [-0.39, 0.29) is 18.1 Å². The second-order valence-corrected chi connectivity index (χ2v) is 8.33. The fourth-order valence-electron chi connectivity index (χ4n) is 3.05. The maximum absolute atomic E-state index is 12.4. The molecule has 2 heterocycles. The lowest BCUT2D eigenvalue weighted by atomic mass is 9.96. The Hall–Kier alpha value is -3.09. The molecule has 0 saturated carbocycles. The molecule has 33 heavy (non-hydrogen) atoms. The predicted molar refractivity (Wildman–Crippen MR) is 112 cm³/mol. The average Bonchev–Trinajstić information content (AvgIpc) is 2.99. The van der Waals surface area contributed by atoms with E-state index in [4.69, 9.17) is 21.8 Å². The Kier molecular flexibility index (Phi) is 6.46. The summed E-state index contributed by atoms with van der Waals surface area (Å²) >= 11 is 0. The van der Waals surface area contributed by atoms with Crippen molar-refractivity contribution in [2.75, 3.05) is 6.61 Å². The molecule has 3 rings (SSSR count). The number of hydrogen-bond acceptors (Lipinski definition) is 9. The summed E-state index contributed by atoms with van der Waals surface area (Å²) < 4.78 is 43.7. The lowest BCUT2D eigenvalue weighted by molar-refractivity contribution is -0.138. The Bertz CT molecular complexity index is 1250. The fourth-order valence-corrected chi connectivity index (χ4v) is 3.84. The van der Waals surface area contributed by atoms with Gasteiger partial charge >= 0.3 is 19.8 Å². The van der Waals surface area contributed by atoms with E-state index in [1.165, 1.54) is 31.2 Å². The van der Waals surface area contributed by atoms with E-state index in [9.17, 15) is 29.2 Å². The van der Waals surface area contributed by atoms with Gasteiger partial charge in [-0.2, -0.15) is 0 Å². The summed E-state index contributed by atoms with van der Waals surface area (Å²) in [6, 6.07) is 3.85. The second kappa shape index (κ2) is 9.81. The highest BCUT2D eigenvalue weighted by atomic mass is 31.1. The summed E-state index contributed by atoms with van der Waals surface area (Å²) in [6.45, 7) is 2.08. The summed E-state index contributed by atoms with van der Waals surface area (Å²) in [5.74, 6) is -0.946. The molecule has 1 aromatic heterocycles. The van der Waals surface area contributed by atoms with Crippen molar-refractivity contribution in [3.05, 3.63) is 57.3 Å². The van der Waals surface area contributed by atoms with Crippen molar-refractivity contribution in [3.8, 4) is 11.5 Å². The highest BCUT2D eigenvalue weighted by molar-refractivity contribution is 7.37. The van der Waals surface area contributed by atoms with E-state index >= 15 is 0 Å². The van der Waals surface area contributed by atoms with E-state index in [0.29, 0.717) is 4.57 Å². The third-order valence-corrected chi connectivity index (χ3v) is 5.82. The number of hydrogen-bond donors (Lipinski definition) is 5. The second-order valence-electron chi connectivity index (χ2n) is 7.38. The van der Waals surface area contributed by atoms with Crippen LogP contribution in [-0.4, -0.2) is 61.3 Å². The molecule has 178 valence electrons. The quantitative estimate of drug-likeness (QED) is 0.293. The number of ether oxygens (including phenoxy) is 2. The molecular formula is C19H23N3O10P+. The van der Waals surface area contributed by atoms with Gasteiger partial charge in [-0.15, -0.1) is 0 Å². The van der Waals surface area contributed by atoms with Gasteiger partial charge in [-0.3, -0.25) is 9.59 Å². The van der Waals surface area contributed by atoms with Crippen molar-refractivity contribution >= 4 is 14.1 Å². The van der Waals surface area contributed by atoms with E-state index < -0.39 is 67.7 Å². The van der Waals surface area contributed by atoms with Crippen molar-refractivity contribution in [1.29, 1.82) is 0 Å². The van der Waals surface area contributed by atoms with Crippen LogP contribution in [0.25, 0.3) is 0 Å². The summed E-state index contributed by atoms with van der Waals surface area (Å²) in [5, 5.41) is 32.4. The molecule has 2 unspecified atom stereocenters. The Morgan fingerprint density at radius 3 is 2.85 bits per heavy atom. The number of carboxylic acids is 1. The highest BCUT2D eigenvalue weighted by Crippen LogP contribution is 2.37. The number of aromatic nitrogens is 2. The molecule has 0 radical (unpaired) electrons. The van der Waals surface area contributed by atoms with Gasteiger partial charge in [0.1, 0.15) is 36.2 Å². The van der Waals surface area contributed by atoms with Crippen LogP contribution in [0, 0.1) is 0 Å². The van der Waals surface area contributed by atoms with Gasteiger partial charge < -0.3 is 29.8 Å². The third-order valence-electron chi connectivity index (χ3n) is 4.84. The molecule has 1 fully saturated rings. The number of H-pyrrole nitrogens is 1. The minimum Gasteiger partial charge on any atom is -0.491 e. The fraction of sp³-hybridized carbons (Fsp3) is 0.421. The first-order valence-electron chi connectivity index (χ1n) is 10.6. The van der Waals surface area contributed by atoms with Gasteiger partial charge in [0, 0.05) is 22.8 Å². The number of aliphatic hydroxyl groups is 2. The zero-order valence-electron chi connectivity index (χ0n) is 19.4.